The molecule has 0 aliphatic rings. The molecule has 1 rings (SSSR count). The van der Waals surface area contributed by atoms with E-state index >= 15 is 0 Å². The number of carbonyl (C=O) groups excluding carboxylic acids is 1. The first-order chi connectivity index (χ1) is 9.38. The van der Waals surface area contributed by atoms with Gasteiger partial charge in [-0.1, -0.05) is 13.8 Å². The van der Waals surface area contributed by atoms with Crippen molar-refractivity contribution in [2.75, 3.05) is 18.4 Å². The molecule has 0 radical (unpaired) electrons. The fourth-order valence-corrected chi connectivity index (χ4v) is 1.59. The van der Waals surface area contributed by atoms with Crippen LogP contribution in [0.25, 0.3) is 0 Å². The van der Waals surface area contributed by atoms with Gasteiger partial charge in [-0.3, -0.25) is 4.79 Å². The Labute approximate surface area is 118 Å². The SMILES string of the molecule is Cc1cc(C(=O)O)cc(NCCC(=O)NCC(C)C)n1. The van der Waals surface area contributed by atoms with Gasteiger partial charge >= 0.3 is 5.97 Å². The summed E-state index contributed by atoms with van der Waals surface area (Å²) in [6, 6.07) is 2.96. The first-order valence-corrected chi connectivity index (χ1v) is 6.61. The van der Waals surface area contributed by atoms with Crippen LogP contribution < -0.4 is 10.6 Å². The zero-order valence-corrected chi connectivity index (χ0v) is 12.1. The van der Waals surface area contributed by atoms with Crippen LogP contribution in [0, 0.1) is 12.8 Å². The zero-order chi connectivity index (χ0) is 15.1. The van der Waals surface area contributed by atoms with Crippen LogP contribution in [0.5, 0.6) is 0 Å². The van der Waals surface area contributed by atoms with Crippen LogP contribution in [0.4, 0.5) is 5.82 Å². The number of carboxylic acids is 1. The van der Waals surface area contributed by atoms with Gasteiger partial charge in [-0.05, 0) is 25.0 Å². The lowest BCUT2D eigenvalue weighted by molar-refractivity contribution is -0.120. The fraction of sp³-hybridized carbons (Fsp3) is 0.500. The Kier molecular flexibility index (Phi) is 5.96. The van der Waals surface area contributed by atoms with Gasteiger partial charge < -0.3 is 15.7 Å². The van der Waals surface area contributed by atoms with Crippen molar-refractivity contribution in [1.82, 2.24) is 10.3 Å². The first-order valence-electron chi connectivity index (χ1n) is 6.61. The first kappa shape index (κ1) is 15.9. The standard InChI is InChI=1S/C14H21N3O3/c1-9(2)8-16-13(18)4-5-15-12-7-11(14(19)20)6-10(3)17-12/h6-7,9H,4-5,8H2,1-3H3,(H,15,17)(H,16,18)(H,19,20). The van der Waals surface area contributed by atoms with E-state index in [4.69, 9.17) is 5.11 Å². The van der Waals surface area contributed by atoms with Gasteiger partial charge in [0.1, 0.15) is 5.82 Å². The van der Waals surface area contributed by atoms with Crippen molar-refractivity contribution in [3.63, 3.8) is 0 Å². The molecule has 0 fully saturated rings. The average molecular weight is 279 g/mol. The Bertz CT molecular complexity index is 487. The largest absolute Gasteiger partial charge is 0.478 e. The molecule has 0 saturated carbocycles. The molecule has 1 amide bonds. The number of hydrogen-bond donors (Lipinski definition) is 3. The molecule has 110 valence electrons. The summed E-state index contributed by atoms with van der Waals surface area (Å²) in [7, 11) is 0. The maximum Gasteiger partial charge on any atom is 0.335 e. The second-order valence-electron chi connectivity index (χ2n) is 5.06. The van der Waals surface area contributed by atoms with Gasteiger partial charge in [-0.25, -0.2) is 9.78 Å². The van der Waals surface area contributed by atoms with E-state index in [1.54, 1.807) is 6.92 Å². The summed E-state index contributed by atoms with van der Waals surface area (Å²) in [6.07, 6.45) is 0.324. The van der Waals surface area contributed by atoms with Crippen molar-refractivity contribution in [2.45, 2.75) is 27.2 Å². The van der Waals surface area contributed by atoms with E-state index in [-0.39, 0.29) is 11.5 Å². The highest BCUT2D eigenvalue weighted by atomic mass is 16.4. The van der Waals surface area contributed by atoms with E-state index in [1.807, 2.05) is 13.8 Å². The van der Waals surface area contributed by atoms with Crippen molar-refractivity contribution >= 4 is 17.7 Å². The summed E-state index contributed by atoms with van der Waals surface area (Å²) in [5.41, 5.74) is 0.806. The lowest BCUT2D eigenvalue weighted by Crippen LogP contribution is -2.28. The van der Waals surface area contributed by atoms with Crippen LogP contribution in [-0.2, 0) is 4.79 Å². The van der Waals surface area contributed by atoms with Crippen molar-refractivity contribution in [1.29, 1.82) is 0 Å². The quantitative estimate of drug-likeness (QED) is 0.706. The topological polar surface area (TPSA) is 91.3 Å². The van der Waals surface area contributed by atoms with E-state index in [0.717, 1.165) is 0 Å². The summed E-state index contributed by atoms with van der Waals surface area (Å²) in [6.45, 7) is 6.86. The molecule has 0 spiro atoms. The Morgan fingerprint density at radius 2 is 2.05 bits per heavy atom. The lowest BCUT2D eigenvalue weighted by Gasteiger charge is -2.09. The van der Waals surface area contributed by atoms with Gasteiger partial charge in [-0.15, -0.1) is 0 Å². The number of hydrogen-bond acceptors (Lipinski definition) is 4. The number of aryl methyl sites for hydroxylation is 1. The molecule has 0 saturated heterocycles. The van der Waals surface area contributed by atoms with Crippen LogP contribution in [0.2, 0.25) is 0 Å². The van der Waals surface area contributed by atoms with Gasteiger partial charge in [0.15, 0.2) is 0 Å². The zero-order valence-electron chi connectivity index (χ0n) is 12.1. The smallest absolute Gasteiger partial charge is 0.335 e. The van der Waals surface area contributed by atoms with Crippen LogP contribution in [0.15, 0.2) is 12.1 Å². The molecule has 6 heteroatoms. The third-order valence-electron chi connectivity index (χ3n) is 2.57. The molecule has 20 heavy (non-hydrogen) atoms. The van der Waals surface area contributed by atoms with E-state index < -0.39 is 5.97 Å². The summed E-state index contributed by atoms with van der Waals surface area (Å²) in [4.78, 5) is 26.6. The molecule has 0 aromatic carbocycles. The fourth-order valence-electron chi connectivity index (χ4n) is 1.59. The second kappa shape index (κ2) is 7.47. The van der Waals surface area contributed by atoms with Crippen molar-refractivity contribution in [3.05, 3.63) is 23.4 Å². The molecular formula is C14H21N3O3. The number of aromatic carboxylic acids is 1. The van der Waals surface area contributed by atoms with Gasteiger partial charge in [-0.2, -0.15) is 0 Å². The van der Waals surface area contributed by atoms with E-state index in [9.17, 15) is 9.59 Å². The van der Waals surface area contributed by atoms with E-state index in [2.05, 4.69) is 15.6 Å². The van der Waals surface area contributed by atoms with E-state index in [1.165, 1.54) is 12.1 Å². The summed E-state index contributed by atoms with van der Waals surface area (Å²) >= 11 is 0. The highest BCUT2D eigenvalue weighted by Gasteiger charge is 2.07. The molecular weight excluding hydrogens is 258 g/mol. The molecule has 0 aliphatic carbocycles. The molecule has 1 aromatic rings. The molecule has 6 nitrogen and oxygen atoms in total. The van der Waals surface area contributed by atoms with Gasteiger partial charge in [0.25, 0.3) is 0 Å². The Balaban J connectivity index is 2.46. The van der Waals surface area contributed by atoms with Crippen LogP contribution in [0.1, 0.15) is 36.3 Å². The maximum atomic E-state index is 11.5. The predicted octanol–water partition coefficient (Wildman–Crippen LogP) is 1.66. The number of carbonyl (C=O) groups is 2. The number of nitrogens with zero attached hydrogens (tertiary/aromatic N) is 1. The maximum absolute atomic E-state index is 11.5. The number of amides is 1. The van der Waals surface area contributed by atoms with Gasteiger partial charge in [0, 0.05) is 25.2 Å². The number of carboxylic acid groups (broad SMARTS) is 1. The van der Waals surface area contributed by atoms with Crippen molar-refractivity contribution in [2.24, 2.45) is 5.92 Å². The summed E-state index contributed by atoms with van der Waals surface area (Å²) < 4.78 is 0. The Hall–Kier alpha value is -2.11. The average Bonchev–Trinajstić information content (AvgIpc) is 2.35. The molecule has 3 N–H and O–H groups in total. The molecule has 1 aromatic heterocycles. The third kappa shape index (κ3) is 5.69. The lowest BCUT2D eigenvalue weighted by atomic mass is 10.2. The minimum absolute atomic E-state index is 0.0303. The Morgan fingerprint density at radius 1 is 1.35 bits per heavy atom. The van der Waals surface area contributed by atoms with Gasteiger partial charge in [0.2, 0.25) is 5.91 Å². The second-order valence-corrected chi connectivity index (χ2v) is 5.06. The van der Waals surface area contributed by atoms with Crippen molar-refractivity contribution < 1.29 is 14.7 Å². The monoisotopic (exact) mass is 279 g/mol. The molecule has 0 bridgehead atoms. The van der Waals surface area contributed by atoms with Gasteiger partial charge in [0.05, 0.1) is 5.56 Å². The number of pyridine rings is 1. The number of rotatable bonds is 7. The van der Waals surface area contributed by atoms with Crippen LogP contribution in [0.3, 0.4) is 0 Å². The Morgan fingerprint density at radius 3 is 2.65 bits per heavy atom. The van der Waals surface area contributed by atoms with Crippen LogP contribution in [-0.4, -0.2) is 35.1 Å². The third-order valence-corrected chi connectivity index (χ3v) is 2.57. The predicted molar refractivity (Wildman–Crippen MR) is 76.9 cm³/mol. The molecule has 0 atom stereocenters. The van der Waals surface area contributed by atoms with Crippen molar-refractivity contribution in [3.8, 4) is 0 Å². The molecule has 0 aliphatic heterocycles. The molecule has 1 heterocycles. The normalized spacial score (nSPS) is 10.4. The highest BCUT2D eigenvalue weighted by molar-refractivity contribution is 5.88. The number of nitrogens with one attached hydrogen (secondary N) is 2. The number of aromatic nitrogens is 1. The minimum Gasteiger partial charge on any atom is -0.478 e. The summed E-state index contributed by atoms with van der Waals surface area (Å²) in [5, 5.41) is 14.7. The minimum atomic E-state index is -0.992. The summed E-state index contributed by atoms with van der Waals surface area (Å²) in [5.74, 6) is -0.131. The van der Waals surface area contributed by atoms with E-state index in [0.29, 0.717) is 36.9 Å². The molecule has 0 unspecified atom stereocenters. The van der Waals surface area contributed by atoms with Crippen LogP contribution >= 0.6 is 0 Å². The highest BCUT2D eigenvalue weighted by Crippen LogP contribution is 2.10. The number of anilines is 1.